The molecule has 4 heteroatoms. The third-order valence-electron chi connectivity index (χ3n) is 5.35. The van der Waals surface area contributed by atoms with Gasteiger partial charge in [0.15, 0.2) is 0 Å². The van der Waals surface area contributed by atoms with Gasteiger partial charge in [0, 0.05) is 35.1 Å². The number of rotatable bonds is 2. The van der Waals surface area contributed by atoms with E-state index in [-0.39, 0.29) is 11.9 Å². The van der Waals surface area contributed by atoms with Gasteiger partial charge >= 0.3 is 0 Å². The van der Waals surface area contributed by atoms with Crippen LogP contribution in [-0.4, -0.2) is 21.9 Å². The van der Waals surface area contributed by atoms with Crippen LogP contribution in [0.5, 0.6) is 0 Å². The van der Waals surface area contributed by atoms with Crippen molar-refractivity contribution in [2.75, 3.05) is 4.90 Å². The van der Waals surface area contributed by atoms with E-state index in [9.17, 15) is 4.79 Å². The van der Waals surface area contributed by atoms with Gasteiger partial charge in [0.05, 0.1) is 16.8 Å². The number of anilines is 1. The Labute approximate surface area is 163 Å². The molecule has 1 aliphatic heterocycles. The summed E-state index contributed by atoms with van der Waals surface area (Å²) in [5, 5.41) is 0.877. The largest absolute Gasteiger partial charge is 0.305 e. The molecule has 0 spiro atoms. The lowest BCUT2D eigenvalue weighted by molar-refractivity contribution is 0.0983. The van der Waals surface area contributed by atoms with Crippen LogP contribution in [0.3, 0.4) is 0 Å². The minimum absolute atomic E-state index is 0.0198. The van der Waals surface area contributed by atoms with E-state index in [1.165, 1.54) is 5.56 Å². The molecule has 0 radical (unpaired) electrons. The second-order valence-electron chi connectivity index (χ2n) is 7.17. The normalized spacial score (nSPS) is 15.6. The van der Waals surface area contributed by atoms with E-state index in [1.807, 2.05) is 65.6 Å². The van der Waals surface area contributed by atoms with Crippen molar-refractivity contribution in [2.45, 2.75) is 19.4 Å². The molecule has 3 heterocycles. The molecule has 0 aliphatic carbocycles. The number of carbonyl (C=O) groups is 1. The van der Waals surface area contributed by atoms with E-state index >= 15 is 0 Å². The fourth-order valence-corrected chi connectivity index (χ4v) is 4.03. The molecule has 4 nitrogen and oxygen atoms in total. The number of hydrogen-bond acceptors (Lipinski definition) is 3. The van der Waals surface area contributed by atoms with Crippen molar-refractivity contribution >= 4 is 22.5 Å². The summed E-state index contributed by atoms with van der Waals surface area (Å²) in [5.74, 6) is 0.0198. The maximum Gasteiger partial charge on any atom is 0.259 e. The third kappa shape index (κ3) is 2.65. The molecule has 0 saturated carbocycles. The number of aromatic nitrogens is 2. The second kappa shape index (κ2) is 6.57. The van der Waals surface area contributed by atoms with Crippen LogP contribution in [0, 0.1) is 0 Å². The highest BCUT2D eigenvalue weighted by atomic mass is 16.2. The Hall–Kier alpha value is -3.53. The van der Waals surface area contributed by atoms with Crippen molar-refractivity contribution in [3.63, 3.8) is 0 Å². The van der Waals surface area contributed by atoms with Crippen LogP contribution in [-0.2, 0) is 6.42 Å². The van der Waals surface area contributed by atoms with Crippen LogP contribution in [0.1, 0.15) is 22.8 Å². The van der Waals surface area contributed by atoms with Crippen molar-refractivity contribution in [2.24, 2.45) is 0 Å². The van der Waals surface area contributed by atoms with Gasteiger partial charge in [0.1, 0.15) is 0 Å². The fourth-order valence-electron chi connectivity index (χ4n) is 4.03. The quantitative estimate of drug-likeness (QED) is 0.508. The summed E-state index contributed by atoms with van der Waals surface area (Å²) in [6.45, 7) is 2.10. The summed E-state index contributed by atoms with van der Waals surface area (Å²) in [4.78, 5) is 24.5. The number of benzene rings is 2. The molecule has 1 aliphatic rings. The first-order valence-corrected chi connectivity index (χ1v) is 9.44. The number of hydrogen-bond donors (Lipinski definition) is 0. The van der Waals surface area contributed by atoms with E-state index in [4.69, 9.17) is 4.98 Å². The molecule has 1 amide bonds. The highest BCUT2D eigenvalue weighted by Crippen LogP contribution is 2.35. The van der Waals surface area contributed by atoms with E-state index in [2.05, 4.69) is 18.0 Å². The van der Waals surface area contributed by atoms with E-state index in [0.29, 0.717) is 5.56 Å². The van der Waals surface area contributed by atoms with E-state index < -0.39 is 0 Å². The first-order valence-electron chi connectivity index (χ1n) is 9.44. The fraction of sp³-hybridized carbons (Fsp3) is 0.125. The summed E-state index contributed by atoms with van der Waals surface area (Å²) in [5.41, 5.74) is 5.46. The monoisotopic (exact) mass is 365 g/mol. The molecular weight excluding hydrogens is 346 g/mol. The van der Waals surface area contributed by atoms with Crippen molar-refractivity contribution < 1.29 is 4.79 Å². The van der Waals surface area contributed by atoms with Crippen molar-refractivity contribution in [1.82, 2.24) is 9.97 Å². The standard InChI is InChI=1S/C24H19N3O/c1-16-14-18-6-2-5-9-23(18)27(16)24(28)20-15-22(17-10-12-25-13-11-17)26-21-8-4-3-7-19(20)21/h2-13,15-16H,14H2,1H3/t16-/m1/s1. The summed E-state index contributed by atoms with van der Waals surface area (Å²) >= 11 is 0. The van der Waals surface area contributed by atoms with Gasteiger partial charge in [-0.3, -0.25) is 9.78 Å². The Morgan fingerprint density at radius 1 is 1.00 bits per heavy atom. The molecule has 1 atom stereocenters. The predicted molar refractivity (Wildman–Crippen MR) is 111 cm³/mol. The molecule has 0 saturated heterocycles. The topological polar surface area (TPSA) is 46.1 Å². The van der Waals surface area contributed by atoms with Crippen molar-refractivity contribution in [3.8, 4) is 11.3 Å². The minimum atomic E-state index is 0.0198. The highest BCUT2D eigenvalue weighted by Gasteiger charge is 2.32. The number of pyridine rings is 2. The van der Waals surface area contributed by atoms with Crippen molar-refractivity contribution in [3.05, 3.63) is 90.3 Å². The summed E-state index contributed by atoms with van der Waals surface area (Å²) in [6.07, 6.45) is 4.36. The highest BCUT2D eigenvalue weighted by molar-refractivity contribution is 6.15. The molecule has 4 aromatic rings. The SMILES string of the molecule is C[C@@H]1Cc2ccccc2N1C(=O)c1cc(-c2ccncc2)nc2ccccc12. The average molecular weight is 365 g/mol. The second-order valence-corrected chi connectivity index (χ2v) is 7.17. The zero-order valence-electron chi connectivity index (χ0n) is 15.5. The summed E-state index contributed by atoms with van der Waals surface area (Å²) < 4.78 is 0. The molecule has 0 fully saturated rings. The van der Waals surface area contributed by atoms with Gasteiger partial charge in [-0.25, -0.2) is 4.98 Å². The van der Waals surface area contributed by atoms with Crippen LogP contribution in [0.4, 0.5) is 5.69 Å². The van der Waals surface area contributed by atoms with Crippen molar-refractivity contribution in [1.29, 1.82) is 0 Å². The molecule has 28 heavy (non-hydrogen) atoms. The minimum Gasteiger partial charge on any atom is -0.305 e. The molecule has 2 aromatic carbocycles. The number of para-hydroxylation sites is 2. The zero-order chi connectivity index (χ0) is 19.1. The Balaban J connectivity index is 1.69. The maximum atomic E-state index is 13.7. The van der Waals surface area contributed by atoms with Crippen LogP contribution >= 0.6 is 0 Å². The maximum absolute atomic E-state index is 13.7. The number of carbonyl (C=O) groups excluding carboxylic acids is 1. The van der Waals surface area contributed by atoms with Gasteiger partial charge in [-0.15, -0.1) is 0 Å². The molecule has 136 valence electrons. The van der Waals surface area contributed by atoms with Crippen LogP contribution in [0.15, 0.2) is 79.1 Å². The Kier molecular flexibility index (Phi) is 3.90. The van der Waals surface area contributed by atoms with Gasteiger partial charge in [-0.1, -0.05) is 36.4 Å². The predicted octanol–water partition coefficient (Wildman–Crippen LogP) is 4.89. The van der Waals surface area contributed by atoms with E-state index in [1.54, 1.807) is 12.4 Å². The smallest absolute Gasteiger partial charge is 0.259 e. The van der Waals surface area contributed by atoms with Gasteiger partial charge in [-0.2, -0.15) is 0 Å². The Bertz CT molecular complexity index is 1190. The summed E-state index contributed by atoms with van der Waals surface area (Å²) in [7, 11) is 0. The lowest BCUT2D eigenvalue weighted by Gasteiger charge is -2.24. The molecule has 0 unspecified atom stereocenters. The summed E-state index contributed by atoms with van der Waals surface area (Å²) in [6, 6.07) is 21.9. The Morgan fingerprint density at radius 2 is 1.75 bits per heavy atom. The Morgan fingerprint density at radius 3 is 2.61 bits per heavy atom. The molecule has 2 aromatic heterocycles. The van der Waals surface area contributed by atoms with Gasteiger partial charge < -0.3 is 4.90 Å². The molecule has 0 N–H and O–H groups in total. The zero-order valence-corrected chi connectivity index (χ0v) is 15.5. The first kappa shape index (κ1) is 16.6. The first-order chi connectivity index (χ1) is 13.7. The van der Waals surface area contributed by atoms with Gasteiger partial charge in [-0.05, 0) is 49.2 Å². The molecule has 0 bridgehead atoms. The number of fused-ring (bicyclic) bond motifs is 2. The third-order valence-corrected chi connectivity index (χ3v) is 5.35. The number of amides is 1. The lowest BCUT2D eigenvalue weighted by Crippen LogP contribution is -2.35. The van der Waals surface area contributed by atoms with Crippen LogP contribution in [0.25, 0.3) is 22.2 Å². The average Bonchev–Trinajstić information content (AvgIpc) is 3.08. The molecule has 5 rings (SSSR count). The van der Waals surface area contributed by atoms with Gasteiger partial charge in [0.2, 0.25) is 0 Å². The van der Waals surface area contributed by atoms with Crippen LogP contribution in [0.2, 0.25) is 0 Å². The van der Waals surface area contributed by atoms with Gasteiger partial charge in [0.25, 0.3) is 5.91 Å². The van der Waals surface area contributed by atoms with Crippen LogP contribution < -0.4 is 4.90 Å². The lowest BCUT2D eigenvalue weighted by atomic mass is 10.0. The number of nitrogens with zero attached hydrogens (tertiary/aromatic N) is 3. The van der Waals surface area contributed by atoms with E-state index in [0.717, 1.165) is 34.3 Å². The molecular formula is C24H19N3O.